The van der Waals surface area contributed by atoms with Gasteiger partial charge in [0.2, 0.25) is 0 Å². The average molecular weight is 351 g/mol. The summed E-state index contributed by atoms with van der Waals surface area (Å²) in [5.74, 6) is 1.80. The number of hydrogen-bond acceptors (Lipinski definition) is 5. The molecule has 0 saturated carbocycles. The molecule has 7 heteroatoms. The van der Waals surface area contributed by atoms with Gasteiger partial charge in [0.25, 0.3) is 5.91 Å². The van der Waals surface area contributed by atoms with E-state index in [0.717, 1.165) is 57.9 Å². The molecule has 1 aromatic heterocycles. The number of carbonyl (C=O) groups excluding carboxylic acids is 1. The highest BCUT2D eigenvalue weighted by Gasteiger charge is 2.51. The molecule has 0 radical (unpaired) electrons. The number of likely N-dealkylation sites (tertiary alicyclic amines) is 1. The standard InChI is InChI=1S/C17H25N3O3S/c1-19-15(2-5-18-19)16(21)20-11-17(12-20)8-14(10-24-17)23-9-13-3-6-22-7-4-13/h2,5,13-14H,3-4,6-12H2,1H3/t14-/m1/s1. The molecule has 24 heavy (non-hydrogen) atoms. The third-order valence-corrected chi connectivity index (χ3v) is 6.94. The Kier molecular flexibility index (Phi) is 4.58. The molecule has 0 aliphatic carbocycles. The van der Waals surface area contributed by atoms with Crippen LogP contribution in [0, 0.1) is 5.92 Å². The average Bonchev–Trinajstić information content (AvgIpc) is 3.18. The Balaban J connectivity index is 1.24. The molecule has 1 atom stereocenters. The number of amides is 1. The fraction of sp³-hybridized carbons (Fsp3) is 0.765. The van der Waals surface area contributed by atoms with Crippen LogP contribution in [0.1, 0.15) is 29.8 Å². The summed E-state index contributed by atoms with van der Waals surface area (Å²) in [7, 11) is 1.81. The van der Waals surface area contributed by atoms with Gasteiger partial charge < -0.3 is 14.4 Å². The van der Waals surface area contributed by atoms with Crippen LogP contribution in [-0.2, 0) is 16.5 Å². The van der Waals surface area contributed by atoms with Gasteiger partial charge in [-0.05, 0) is 31.2 Å². The third-order valence-electron chi connectivity index (χ3n) is 5.37. The Morgan fingerprint density at radius 2 is 2.25 bits per heavy atom. The van der Waals surface area contributed by atoms with Crippen molar-refractivity contribution < 1.29 is 14.3 Å². The summed E-state index contributed by atoms with van der Waals surface area (Å²) in [5, 5.41) is 4.08. The smallest absolute Gasteiger partial charge is 0.272 e. The van der Waals surface area contributed by atoms with Gasteiger partial charge in [0.1, 0.15) is 5.69 Å². The summed E-state index contributed by atoms with van der Waals surface area (Å²) in [5.41, 5.74) is 0.667. The van der Waals surface area contributed by atoms with Gasteiger partial charge in [-0.2, -0.15) is 5.10 Å². The molecule has 1 spiro atoms. The van der Waals surface area contributed by atoms with E-state index >= 15 is 0 Å². The number of aryl methyl sites for hydroxylation is 1. The second-order valence-corrected chi connectivity index (χ2v) is 8.70. The van der Waals surface area contributed by atoms with Crippen LogP contribution in [0.2, 0.25) is 0 Å². The number of carbonyl (C=O) groups is 1. The van der Waals surface area contributed by atoms with Crippen LogP contribution in [0.4, 0.5) is 0 Å². The monoisotopic (exact) mass is 351 g/mol. The predicted molar refractivity (Wildman–Crippen MR) is 92.2 cm³/mol. The lowest BCUT2D eigenvalue weighted by atomic mass is 9.92. The van der Waals surface area contributed by atoms with E-state index in [-0.39, 0.29) is 10.7 Å². The van der Waals surface area contributed by atoms with E-state index in [2.05, 4.69) is 5.10 Å². The van der Waals surface area contributed by atoms with Crippen molar-refractivity contribution in [2.45, 2.75) is 30.1 Å². The molecule has 6 nitrogen and oxygen atoms in total. The molecule has 0 unspecified atom stereocenters. The lowest BCUT2D eigenvalue weighted by Gasteiger charge is -2.47. The van der Waals surface area contributed by atoms with Crippen LogP contribution in [0.25, 0.3) is 0 Å². The van der Waals surface area contributed by atoms with Gasteiger partial charge in [0.15, 0.2) is 0 Å². The van der Waals surface area contributed by atoms with Gasteiger partial charge in [-0.25, -0.2) is 0 Å². The molecular weight excluding hydrogens is 326 g/mol. The predicted octanol–water partition coefficient (Wildman–Crippen LogP) is 1.56. The van der Waals surface area contributed by atoms with Gasteiger partial charge in [-0.15, -0.1) is 11.8 Å². The second kappa shape index (κ2) is 6.69. The van der Waals surface area contributed by atoms with E-state index in [0.29, 0.717) is 17.7 Å². The topological polar surface area (TPSA) is 56.6 Å². The summed E-state index contributed by atoms with van der Waals surface area (Å²) in [6, 6.07) is 1.79. The molecule has 3 aliphatic heterocycles. The van der Waals surface area contributed by atoms with Gasteiger partial charge in [0.05, 0.1) is 10.9 Å². The first-order valence-corrected chi connectivity index (χ1v) is 9.74. The van der Waals surface area contributed by atoms with Crippen molar-refractivity contribution in [3.63, 3.8) is 0 Å². The van der Waals surface area contributed by atoms with Crippen LogP contribution in [0.5, 0.6) is 0 Å². The van der Waals surface area contributed by atoms with Crippen LogP contribution >= 0.6 is 11.8 Å². The van der Waals surface area contributed by atoms with Gasteiger partial charge in [0, 0.05) is 51.9 Å². The largest absolute Gasteiger partial charge is 0.381 e. The zero-order chi connectivity index (χ0) is 16.6. The minimum atomic E-state index is 0.0906. The maximum absolute atomic E-state index is 12.5. The number of ether oxygens (including phenoxy) is 2. The summed E-state index contributed by atoms with van der Waals surface area (Å²) in [6.07, 6.45) is 5.33. The molecule has 3 fully saturated rings. The molecule has 3 aliphatic rings. The first-order chi connectivity index (χ1) is 11.7. The minimum Gasteiger partial charge on any atom is -0.381 e. The molecule has 1 aromatic rings. The molecule has 0 N–H and O–H groups in total. The highest BCUT2D eigenvalue weighted by molar-refractivity contribution is 8.01. The van der Waals surface area contributed by atoms with Crippen molar-refractivity contribution >= 4 is 17.7 Å². The Morgan fingerprint density at radius 1 is 1.46 bits per heavy atom. The van der Waals surface area contributed by atoms with E-state index in [9.17, 15) is 4.79 Å². The third kappa shape index (κ3) is 3.21. The SMILES string of the molecule is Cn1nccc1C(=O)N1CC2(C[C@@H](OCC3CCOCC3)CS2)C1. The zero-order valence-corrected chi connectivity index (χ0v) is 15.0. The normalized spacial score (nSPS) is 26.7. The number of hydrogen-bond donors (Lipinski definition) is 0. The van der Waals surface area contributed by atoms with Crippen molar-refractivity contribution in [1.82, 2.24) is 14.7 Å². The Morgan fingerprint density at radius 3 is 2.96 bits per heavy atom. The molecule has 4 rings (SSSR count). The van der Waals surface area contributed by atoms with Crippen molar-refractivity contribution in [2.75, 3.05) is 38.7 Å². The Bertz CT molecular complexity index is 594. The molecule has 132 valence electrons. The van der Waals surface area contributed by atoms with Crippen molar-refractivity contribution in [3.8, 4) is 0 Å². The summed E-state index contributed by atoms with van der Waals surface area (Å²) in [6.45, 7) is 4.28. The quantitative estimate of drug-likeness (QED) is 0.824. The maximum Gasteiger partial charge on any atom is 0.272 e. The molecule has 0 aromatic carbocycles. The van der Waals surface area contributed by atoms with Gasteiger partial charge in [-0.1, -0.05) is 0 Å². The second-order valence-electron chi connectivity index (χ2n) is 7.21. The highest BCUT2D eigenvalue weighted by Crippen LogP contribution is 2.46. The van der Waals surface area contributed by atoms with E-state index < -0.39 is 0 Å². The Hall–Kier alpha value is -1.05. The number of aromatic nitrogens is 2. The Labute approximate surface area is 146 Å². The van der Waals surface area contributed by atoms with Crippen LogP contribution in [0.3, 0.4) is 0 Å². The summed E-state index contributed by atoms with van der Waals surface area (Å²) >= 11 is 1.98. The first kappa shape index (κ1) is 16.4. The highest BCUT2D eigenvalue weighted by atomic mass is 32.2. The van der Waals surface area contributed by atoms with E-state index in [1.54, 1.807) is 16.9 Å². The fourth-order valence-electron chi connectivity index (χ4n) is 3.85. The first-order valence-electron chi connectivity index (χ1n) is 8.76. The number of nitrogens with zero attached hydrogens (tertiary/aromatic N) is 3. The fourth-order valence-corrected chi connectivity index (χ4v) is 5.41. The molecule has 1 amide bonds. The number of rotatable bonds is 4. The minimum absolute atomic E-state index is 0.0906. The lowest BCUT2D eigenvalue weighted by Crippen LogP contribution is -2.61. The summed E-state index contributed by atoms with van der Waals surface area (Å²) < 4.78 is 13.4. The van der Waals surface area contributed by atoms with E-state index in [1.807, 2.05) is 23.7 Å². The molecule has 0 bridgehead atoms. The van der Waals surface area contributed by atoms with E-state index in [1.165, 1.54) is 0 Å². The summed E-state index contributed by atoms with van der Waals surface area (Å²) in [4.78, 5) is 14.4. The lowest BCUT2D eigenvalue weighted by molar-refractivity contribution is -0.0119. The van der Waals surface area contributed by atoms with Crippen LogP contribution in [0.15, 0.2) is 12.3 Å². The van der Waals surface area contributed by atoms with Crippen LogP contribution < -0.4 is 0 Å². The molecule has 3 saturated heterocycles. The number of thioether (sulfide) groups is 1. The van der Waals surface area contributed by atoms with Gasteiger partial charge in [-0.3, -0.25) is 9.48 Å². The van der Waals surface area contributed by atoms with Crippen molar-refractivity contribution in [2.24, 2.45) is 13.0 Å². The van der Waals surface area contributed by atoms with E-state index in [4.69, 9.17) is 9.47 Å². The van der Waals surface area contributed by atoms with Crippen LogP contribution in [-0.4, -0.2) is 70.1 Å². The van der Waals surface area contributed by atoms with Crippen molar-refractivity contribution in [1.29, 1.82) is 0 Å². The van der Waals surface area contributed by atoms with Gasteiger partial charge >= 0.3 is 0 Å². The van der Waals surface area contributed by atoms with Crippen molar-refractivity contribution in [3.05, 3.63) is 18.0 Å². The zero-order valence-electron chi connectivity index (χ0n) is 14.1. The molecular formula is C17H25N3O3S. The molecule has 4 heterocycles. The maximum atomic E-state index is 12.5.